The first kappa shape index (κ1) is 20.5. The number of hydrogen-bond donors (Lipinski definition) is 0. The average Bonchev–Trinajstić information content (AvgIpc) is 2.95. The monoisotopic (exact) mass is 488 g/mol. The fourth-order valence-electron chi connectivity index (χ4n) is 5.27. The van der Waals surface area contributed by atoms with Crippen LogP contribution in [0.5, 0.6) is 0 Å². The molecule has 0 saturated heterocycles. The van der Waals surface area contributed by atoms with Crippen molar-refractivity contribution < 1.29 is 0 Å². The molecule has 4 aromatic carbocycles. The molecular formula is C28H12N10. The molecule has 8 rings (SSSR count). The van der Waals surface area contributed by atoms with E-state index in [-0.39, 0.29) is 22.7 Å². The zero-order chi connectivity index (χ0) is 25.7. The summed E-state index contributed by atoms with van der Waals surface area (Å²) >= 11 is 0. The van der Waals surface area contributed by atoms with Crippen molar-refractivity contribution in [2.24, 2.45) is 0 Å². The lowest BCUT2D eigenvalue weighted by Gasteiger charge is -2.16. The highest BCUT2D eigenvalue weighted by atomic mass is 15.0. The minimum atomic E-state index is -0.0782. The van der Waals surface area contributed by atoms with E-state index in [0.29, 0.717) is 22.3 Å². The van der Waals surface area contributed by atoms with Gasteiger partial charge in [0.15, 0.2) is 34.0 Å². The van der Waals surface area contributed by atoms with Crippen molar-refractivity contribution in [3.05, 3.63) is 59.2 Å². The van der Waals surface area contributed by atoms with Crippen LogP contribution in [-0.4, -0.2) is 39.9 Å². The SMILES string of the molecule is Cc1nc2nc3c4cccc5c6nc7nc(C#N)c(C#N)nc7nc6c6cccc(c3nc2nc1C)c6c45. The fraction of sp³-hybridized carbons (Fsp3) is 0.0714. The van der Waals surface area contributed by atoms with Crippen molar-refractivity contribution >= 4 is 77.0 Å². The van der Waals surface area contributed by atoms with E-state index in [9.17, 15) is 10.5 Å². The Bertz CT molecular complexity index is 2280. The molecule has 0 aliphatic rings. The summed E-state index contributed by atoms with van der Waals surface area (Å²) in [6.45, 7) is 3.82. The van der Waals surface area contributed by atoms with Crippen molar-refractivity contribution in [1.82, 2.24) is 39.9 Å². The van der Waals surface area contributed by atoms with E-state index in [1.807, 2.05) is 62.4 Å². The molecule has 8 aromatic rings. The normalized spacial score (nSPS) is 11.9. The Kier molecular flexibility index (Phi) is 3.73. The van der Waals surface area contributed by atoms with E-state index < -0.39 is 0 Å². The summed E-state index contributed by atoms with van der Waals surface area (Å²) in [4.78, 5) is 37.3. The third kappa shape index (κ3) is 2.48. The highest BCUT2D eigenvalue weighted by Gasteiger charge is 2.22. The van der Waals surface area contributed by atoms with Crippen molar-refractivity contribution in [3.63, 3.8) is 0 Å². The van der Waals surface area contributed by atoms with Gasteiger partial charge in [-0.05, 0) is 13.8 Å². The first-order valence-electron chi connectivity index (χ1n) is 11.8. The summed E-state index contributed by atoms with van der Waals surface area (Å²) in [5.41, 5.74) is 5.61. The smallest absolute Gasteiger partial charge is 0.199 e. The molecule has 0 aliphatic carbocycles. The van der Waals surface area contributed by atoms with Gasteiger partial charge in [-0.1, -0.05) is 36.4 Å². The van der Waals surface area contributed by atoms with Crippen molar-refractivity contribution in [2.75, 3.05) is 0 Å². The van der Waals surface area contributed by atoms with Crippen molar-refractivity contribution in [3.8, 4) is 12.1 Å². The second kappa shape index (κ2) is 6.93. The van der Waals surface area contributed by atoms with Gasteiger partial charge < -0.3 is 0 Å². The van der Waals surface area contributed by atoms with E-state index in [4.69, 9.17) is 19.9 Å². The minimum Gasteiger partial charge on any atom is -0.229 e. The Morgan fingerprint density at radius 3 is 1.11 bits per heavy atom. The summed E-state index contributed by atoms with van der Waals surface area (Å²) in [5.74, 6) is 0. The fourth-order valence-corrected chi connectivity index (χ4v) is 5.27. The largest absolute Gasteiger partial charge is 0.229 e. The van der Waals surface area contributed by atoms with E-state index >= 15 is 0 Å². The van der Waals surface area contributed by atoms with Gasteiger partial charge in [-0.25, -0.2) is 39.9 Å². The Labute approximate surface area is 212 Å². The first-order valence-corrected chi connectivity index (χ1v) is 11.8. The van der Waals surface area contributed by atoms with Crippen LogP contribution >= 0.6 is 0 Å². The number of nitrogens with zero attached hydrogens (tertiary/aromatic N) is 10. The number of hydrogen-bond acceptors (Lipinski definition) is 10. The number of nitriles is 2. The quantitative estimate of drug-likeness (QED) is 0.217. The van der Waals surface area contributed by atoms with Crippen molar-refractivity contribution in [2.45, 2.75) is 13.8 Å². The lowest BCUT2D eigenvalue weighted by atomic mass is 9.91. The second-order valence-corrected chi connectivity index (χ2v) is 9.13. The Morgan fingerprint density at radius 2 is 0.789 bits per heavy atom. The molecular weight excluding hydrogens is 476 g/mol. The maximum absolute atomic E-state index is 9.44. The highest BCUT2D eigenvalue weighted by Crippen LogP contribution is 2.43. The molecule has 174 valence electrons. The van der Waals surface area contributed by atoms with Gasteiger partial charge in [0.2, 0.25) is 0 Å². The van der Waals surface area contributed by atoms with Gasteiger partial charge in [0, 0.05) is 32.3 Å². The van der Waals surface area contributed by atoms with Gasteiger partial charge >= 0.3 is 0 Å². The van der Waals surface area contributed by atoms with Crippen LogP contribution in [0, 0.1) is 36.5 Å². The molecule has 0 fully saturated rings. The maximum atomic E-state index is 9.44. The Balaban J connectivity index is 1.64. The minimum absolute atomic E-state index is 0.0782. The first-order chi connectivity index (χ1) is 18.6. The second-order valence-electron chi connectivity index (χ2n) is 9.13. The van der Waals surface area contributed by atoms with Crippen LogP contribution in [-0.2, 0) is 0 Å². The molecule has 38 heavy (non-hydrogen) atoms. The molecule has 0 N–H and O–H groups in total. The molecule has 4 heterocycles. The zero-order valence-corrected chi connectivity index (χ0v) is 19.9. The molecule has 0 radical (unpaired) electrons. The molecule has 0 amide bonds. The molecule has 0 unspecified atom stereocenters. The van der Waals surface area contributed by atoms with Gasteiger partial charge in [0.05, 0.1) is 33.5 Å². The van der Waals surface area contributed by atoms with E-state index in [1.165, 1.54) is 0 Å². The molecule has 0 spiro atoms. The third-order valence-electron chi connectivity index (χ3n) is 7.06. The number of aromatic nitrogens is 8. The predicted molar refractivity (Wildman–Crippen MR) is 141 cm³/mol. The molecule has 0 aliphatic heterocycles. The number of benzene rings is 4. The summed E-state index contributed by atoms with van der Waals surface area (Å²) < 4.78 is 0. The number of fused-ring (bicyclic) bond motifs is 8. The van der Waals surface area contributed by atoms with E-state index in [2.05, 4.69) is 19.9 Å². The molecule has 0 bridgehead atoms. The Hall–Kier alpha value is -5.74. The van der Waals surface area contributed by atoms with E-state index in [1.54, 1.807) is 0 Å². The highest BCUT2D eigenvalue weighted by molar-refractivity contribution is 6.38. The Morgan fingerprint density at radius 1 is 0.474 bits per heavy atom. The van der Waals surface area contributed by atoms with Crippen LogP contribution in [0.25, 0.3) is 77.0 Å². The maximum Gasteiger partial charge on any atom is 0.199 e. The number of rotatable bonds is 0. The van der Waals surface area contributed by atoms with Crippen LogP contribution in [0.15, 0.2) is 36.4 Å². The van der Waals surface area contributed by atoms with Crippen LogP contribution < -0.4 is 0 Å². The molecule has 0 saturated carbocycles. The zero-order valence-electron chi connectivity index (χ0n) is 19.9. The molecule has 0 atom stereocenters. The lowest BCUT2D eigenvalue weighted by Crippen LogP contribution is -2.02. The van der Waals surface area contributed by atoms with Crippen LogP contribution in [0.2, 0.25) is 0 Å². The van der Waals surface area contributed by atoms with Gasteiger partial charge in [0.25, 0.3) is 0 Å². The molecule has 4 aromatic heterocycles. The standard InChI is InChI=1S/C28H12N10/c1-11-12(2)32-26-25(31-11)35-21-13-5-3-7-15-19(13)20-14(22(21)36-26)6-4-8-16(20)24-23(15)37-27-28(38-24)34-18(10-30)17(9-29)33-27/h3-8H,1-2H3. The van der Waals surface area contributed by atoms with Gasteiger partial charge in [-0.15, -0.1) is 0 Å². The van der Waals surface area contributed by atoms with Crippen LogP contribution in [0.1, 0.15) is 22.8 Å². The average molecular weight is 488 g/mol. The lowest BCUT2D eigenvalue weighted by molar-refractivity contribution is 1.07. The summed E-state index contributed by atoms with van der Waals surface area (Å²) in [5, 5.41) is 24.4. The summed E-state index contributed by atoms with van der Waals surface area (Å²) in [6.07, 6.45) is 0. The third-order valence-corrected chi connectivity index (χ3v) is 7.06. The van der Waals surface area contributed by atoms with Gasteiger partial charge in [-0.3, -0.25) is 0 Å². The van der Waals surface area contributed by atoms with Crippen LogP contribution in [0.3, 0.4) is 0 Å². The van der Waals surface area contributed by atoms with Crippen LogP contribution in [0.4, 0.5) is 0 Å². The van der Waals surface area contributed by atoms with Gasteiger partial charge in [-0.2, -0.15) is 10.5 Å². The predicted octanol–water partition coefficient (Wildman–Crippen LogP) is 4.72. The topological polar surface area (TPSA) is 151 Å². The van der Waals surface area contributed by atoms with Gasteiger partial charge in [0.1, 0.15) is 12.1 Å². The summed E-state index contributed by atoms with van der Waals surface area (Å²) in [6, 6.07) is 15.8. The summed E-state index contributed by atoms with van der Waals surface area (Å²) in [7, 11) is 0. The molecule has 10 nitrogen and oxygen atoms in total. The van der Waals surface area contributed by atoms with E-state index in [0.717, 1.165) is 54.7 Å². The van der Waals surface area contributed by atoms with Crippen molar-refractivity contribution in [1.29, 1.82) is 10.5 Å². The molecule has 10 heteroatoms. The number of aryl methyl sites for hydroxylation is 2.